The number of hydrogen-bond acceptors (Lipinski definition) is 4. The zero-order valence-corrected chi connectivity index (χ0v) is 9.79. The summed E-state index contributed by atoms with van der Waals surface area (Å²) in [5.41, 5.74) is 0.456. The van der Waals surface area contributed by atoms with Crippen LogP contribution in [0.3, 0.4) is 0 Å². The first-order valence-corrected chi connectivity index (χ1v) is 4.70. The summed E-state index contributed by atoms with van der Waals surface area (Å²) in [6.45, 7) is 0. The molecule has 17 heavy (non-hydrogen) atoms. The lowest BCUT2D eigenvalue weighted by molar-refractivity contribution is 0.0962. The predicted octanol–water partition coefficient (Wildman–Crippen LogP) is 1.71. The largest absolute Gasteiger partial charge is 0.493 e. The van der Waals surface area contributed by atoms with E-state index in [0.717, 1.165) is 0 Å². The summed E-state index contributed by atoms with van der Waals surface area (Å²) in [4.78, 5) is 11.5. The van der Waals surface area contributed by atoms with Gasteiger partial charge in [0.25, 0.3) is 5.91 Å². The van der Waals surface area contributed by atoms with Crippen LogP contribution in [-0.2, 0) is 0 Å². The van der Waals surface area contributed by atoms with Crippen molar-refractivity contribution in [2.24, 2.45) is 0 Å². The molecule has 5 heteroatoms. The minimum absolute atomic E-state index is 0. The Morgan fingerprint density at radius 3 is 1.82 bits per heavy atom. The summed E-state index contributed by atoms with van der Waals surface area (Å²) >= 11 is 0. The summed E-state index contributed by atoms with van der Waals surface area (Å²) in [6.07, 6.45) is 0. The van der Waals surface area contributed by atoms with Gasteiger partial charge in [0.1, 0.15) is 0 Å². The van der Waals surface area contributed by atoms with Gasteiger partial charge in [-0.15, -0.1) is 0 Å². The number of carbonyl (C=O) groups excluding carboxylic acids is 1. The molecular weight excluding hydrogens is 222 g/mol. The highest BCUT2D eigenvalue weighted by Gasteiger charge is 2.15. The maximum Gasteiger partial charge on any atom is 0.251 e. The van der Waals surface area contributed by atoms with Gasteiger partial charge in [-0.05, 0) is 12.1 Å². The lowest BCUT2D eigenvalue weighted by Gasteiger charge is -2.13. The van der Waals surface area contributed by atoms with Crippen LogP contribution < -0.4 is 19.5 Å². The van der Waals surface area contributed by atoms with Crippen LogP contribution >= 0.6 is 0 Å². The summed E-state index contributed by atoms with van der Waals surface area (Å²) in [7, 11) is 6.08. The molecular formula is C12H19NO4. The van der Waals surface area contributed by atoms with E-state index in [1.807, 2.05) is 0 Å². The van der Waals surface area contributed by atoms with E-state index < -0.39 is 0 Å². The van der Waals surface area contributed by atoms with Gasteiger partial charge in [0.05, 0.1) is 21.3 Å². The van der Waals surface area contributed by atoms with Gasteiger partial charge in [0.2, 0.25) is 5.75 Å². The smallest absolute Gasteiger partial charge is 0.251 e. The quantitative estimate of drug-likeness (QED) is 0.871. The zero-order chi connectivity index (χ0) is 12.1. The van der Waals surface area contributed by atoms with Crippen molar-refractivity contribution in [3.8, 4) is 17.2 Å². The highest BCUT2D eigenvalue weighted by Crippen LogP contribution is 2.38. The number of ether oxygens (including phenoxy) is 3. The topological polar surface area (TPSA) is 56.8 Å². The molecule has 0 radical (unpaired) electrons. The SMILES string of the molecule is C.CNC(=O)c1cc(OC)c(OC)c(OC)c1. The van der Waals surface area contributed by atoms with Crippen molar-refractivity contribution in [2.75, 3.05) is 28.4 Å². The molecule has 1 aromatic rings. The Kier molecular flexibility index (Phi) is 5.88. The predicted molar refractivity (Wildman–Crippen MR) is 66.2 cm³/mol. The van der Waals surface area contributed by atoms with Crippen LogP contribution in [-0.4, -0.2) is 34.3 Å². The number of methoxy groups -OCH3 is 3. The molecule has 96 valence electrons. The Morgan fingerprint density at radius 2 is 1.53 bits per heavy atom. The maximum absolute atomic E-state index is 11.5. The molecule has 0 aliphatic heterocycles. The van der Waals surface area contributed by atoms with Crippen molar-refractivity contribution in [2.45, 2.75) is 7.43 Å². The van der Waals surface area contributed by atoms with Crippen LogP contribution in [0.1, 0.15) is 17.8 Å². The van der Waals surface area contributed by atoms with Crippen LogP contribution in [0.4, 0.5) is 0 Å². The van der Waals surface area contributed by atoms with E-state index in [9.17, 15) is 4.79 Å². The van der Waals surface area contributed by atoms with Gasteiger partial charge in [-0.3, -0.25) is 4.79 Å². The van der Waals surface area contributed by atoms with Crippen LogP contribution in [0.15, 0.2) is 12.1 Å². The molecule has 0 heterocycles. The third-order valence-electron chi connectivity index (χ3n) is 2.15. The van der Waals surface area contributed by atoms with E-state index in [2.05, 4.69) is 5.32 Å². The lowest BCUT2D eigenvalue weighted by atomic mass is 10.1. The standard InChI is InChI=1S/C11H15NO4.CH4/c1-12-11(13)7-5-8(14-2)10(16-4)9(6-7)15-3;/h5-6H,1-4H3,(H,12,13);1H4. The number of carbonyl (C=O) groups is 1. The maximum atomic E-state index is 11.5. The fraction of sp³-hybridized carbons (Fsp3) is 0.417. The lowest BCUT2D eigenvalue weighted by Crippen LogP contribution is -2.18. The number of benzene rings is 1. The van der Waals surface area contributed by atoms with Crippen LogP contribution in [0.25, 0.3) is 0 Å². The Hall–Kier alpha value is -1.91. The second kappa shape index (κ2) is 6.62. The second-order valence-corrected chi connectivity index (χ2v) is 2.99. The summed E-state index contributed by atoms with van der Waals surface area (Å²) in [5.74, 6) is 1.18. The fourth-order valence-electron chi connectivity index (χ4n) is 1.36. The van der Waals surface area contributed by atoms with Crippen molar-refractivity contribution in [3.05, 3.63) is 17.7 Å². The van der Waals surface area contributed by atoms with Gasteiger partial charge in [-0.1, -0.05) is 7.43 Å². The minimum atomic E-state index is -0.209. The molecule has 1 amide bonds. The second-order valence-electron chi connectivity index (χ2n) is 2.99. The molecule has 0 saturated heterocycles. The third-order valence-corrected chi connectivity index (χ3v) is 2.15. The van der Waals surface area contributed by atoms with Crippen molar-refractivity contribution in [1.82, 2.24) is 5.32 Å². The fourth-order valence-corrected chi connectivity index (χ4v) is 1.36. The van der Waals surface area contributed by atoms with Gasteiger partial charge >= 0.3 is 0 Å². The van der Waals surface area contributed by atoms with Crippen LogP contribution in [0.5, 0.6) is 17.2 Å². The van der Waals surface area contributed by atoms with E-state index >= 15 is 0 Å². The molecule has 1 rings (SSSR count). The molecule has 5 nitrogen and oxygen atoms in total. The van der Waals surface area contributed by atoms with Crippen molar-refractivity contribution < 1.29 is 19.0 Å². The molecule has 1 N–H and O–H groups in total. The number of amides is 1. The zero-order valence-electron chi connectivity index (χ0n) is 9.79. The summed E-state index contributed by atoms with van der Waals surface area (Å²) in [5, 5.41) is 2.53. The first kappa shape index (κ1) is 15.1. The van der Waals surface area contributed by atoms with Gasteiger partial charge in [0.15, 0.2) is 11.5 Å². The molecule has 0 aliphatic carbocycles. The Bertz CT molecular complexity index is 365. The van der Waals surface area contributed by atoms with Gasteiger partial charge < -0.3 is 19.5 Å². The molecule has 0 aliphatic rings. The Labute approximate surface area is 102 Å². The highest BCUT2D eigenvalue weighted by molar-refractivity contribution is 5.95. The molecule has 0 atom stereocenters. The third kappa shape index (κ3) is 3.03. The van der Waals surface area contributed by atoms with Crippen LogP contribution in [0.2, 0.25) is 0 Å². The van der Waals surface area contributed by atoms with Crippen molar-refractivity contribution in [3.63, 3.8) is 0 Å². The average molecular weight is 241 g/mol. The highest BCUT2D eigenvalue weighted by atomic mass is 16.5. The normalized spacial score (nSPS) is 8.94. The summed E-state index contributed by atoms with van der Waals surface area (Å²) in [6, 6.07) is 3.19. The van der Waals surface area contributed by atoms with E-state index in [0.29, 0.717) is 22.8 Å². The molecule has 0 spiro atoms. The molecule has 0 fully saturated rings. The minimum Gasteiger partial charge on any atom is -0.493 e. The molecule has 0 aromatic heterocycles. The van der Waals surface area contributed by atoms with Crippen molar-refractivity contribution >= 4 is 5.91 Å². The first-order valence-electron chi connectivity index (χ1n) is 4.70. The van der Waals surface area contributed by atoms with Crippen molar-refractivity contribution in [1.29, 1.82) is 0 Å². The Morgan fingerprint density at radius 1 is 1.06 bits per heavy atom. The van der Waals surface area contributed by atoms with Gasteiger partial charge in [-0.2, -0.15) is 0 Å². The Balaban J connectivity index is 0.00000256. The number of rotatable bonds is 4. The van der Waals surface area contributed by atoms with Gasteiger partial charge in [0, 0.05) is 12.6 Å². The molecule has 0 unspecified atom stereocenters. The number of hydrogen-bond donors (Lipinski definition) is 1. The average Bonchev–Trinajstić information content (AvgIpc) is 2.35. The number of nitrogens with one attached hydrogen (secondary N) is 1. The van der Waals surface area contributed by atoms with E-state index in [1.54, 1.807) is 19.2 Å². The molecule has 0 saturated carbocycles. The molecule has 1 aromatic carbocycles. The van der Waals surface area contributed by atoms with E-state index in [4.69, 9.17) is 14.2 Å². The van der Waals surface area contributed by atoms with E-state index in [-0.39, 0.29) is 13.3 Å². The summed E-state index contributed by atoms with van der Waals surface area (Å²) < 4.78 is 15.4. The molecule has 0 bridgehead atoms. The van der Waals surface area contributed by atoms with Gasteiger partial charge in [-0.25, -0.2) is 0 Å². The van der Waals surface area contributed by atoms with Crippen LogP contribution in [0, 0.1) is 0 Å². The first-order chi connectivity index (χ1) is 7.67. The monoisotopic (exact) mass is 241 g/mol. The van der Waals surface area contributed by atoms with E-state index in [1.165, 1.54) is 21.3 Å².